The molecule has 0 saturated carbocycles. The van der Waals surface area contributed by atoms with Crippen molar-refractivity contribution in [3.8, 4) is 0 Å². The minimum atomic E-state index is 0. The number of hydrogen-bond donors (Lipinski definition) is 2. The average Bonchev–Trinajstić information content (AvgIpc) is 3.18. The minimum Gasteiger partial charge on any atom is -0.357 e. The van der Waals surface area contributed by atoms with E-state index in [4.69, 9.17) is 4.52 Å². The van der Waals surface area contributed by atoms with Crippen LogP contribution in [0.25, 0.3) is 0 Å². The highest BCUT2D eigenvalue weighted by molar-refractivity contribution is 14.0. The number of nitrogens with one attached hydrogen (secondary N) is 2. The first-order chi connectivity index (χ1) is 11.6. The zero-order valence-electron chi connectivity index (χ0n) is 15.2. The van der Waals surface area contributed by atoms with Gasteiger partial charge in [-0.15, -0.1) is 35.3 Å². The Kier molecular flexibility index (Phi) is 9.94. The van der Waals surface area contributed by atoms with Crippen molar-refractivity contribution >= 4 is 41.3 Å². The second kappa shape index (κ2) is 11.4. The highest BCUT2D eigenvalue weighted by Crippen LogP contribution is 2.12. The van der Waals surface area contributed by atoms with Crippen LogP contribution in [-0.2, 0) is 13.0 Å². The summed E-state index contributed by atoms with van der Waals surface area (Å²) in [4.78, 5) is 14.5. The molecular weight excluding hydrogens is 451 g/mol. The van der Waals surface area contributed by atoms with Gasteiger partial charge >= 0.3 is 0 Å². The fourth-order valence-electron chi connectivity index (χ4n) is 2.01. The molecule has 2 N–H and O–H groups in total. The Labute approximate surface area is 170 Å². The predicted octanol–water partition coefficient (Wildman–Crippen LogP) is 3.26. The molecule has 0 saturated heterocycles. The van der Waals surface area contributed by atoms with Crippen molar-refractivity contribution in [2.75, 3.05) is 13.1 Å². The van der Waals surface area contributed by atoms with E-state index in [0.29, 0.717) is 18.4 Å². The van der Waals surface area contributed by atoms with E-state index in [2.05, 4.69) is 58.4 Å². The smallest absolute Gasteiger partial charge is 0.226 e. The lowest BCUT2D eigenvalue weighted by molar-refractivity contribution is 0.368. The summed E-state index contributed by atoms with van der Waals surface area (Å²) in [6.07, 6.45) is 3.55. The number of guanidine groups is 1. The fourth-order valence-corrected chi connectivity index (χ4v) is 2.73. The minimum absolute atomic E-state index is 0. The Morgan fingerprint density at radius 2 is 2.16 bits per heavy atom. The van der Waals surface area contributed by atoms with Gasteiger partial charge in [-0.2, -0.15) is 4.98 Å². The Morgan fingerprint density at radius 1 is 1.36 bits per heavy atom. The van der Waals surface area contributed by atoms with E-state index in [1.807, 2.05) is 6.20 Å². The van der Waals surface area contributed by atoms with Gasteiger partial charge in [-0.25, -0.2) is 9.98 Å². The van der Waals surface area contributed by atoms with Crippen molar-refractivity contribution in [1.82, 2.24) is 25.8 Å². The summed E-state index contributed by atoms with van der Waals surface area (Å²) < 4.78 is 5.25. The van der Waals surface area contributed by atoms with Crippen molar-refractivity contribution in [3.63, 3.8) is 0 Å². The van der Waals surface area contributed by atoms with Crippen LogP contribution in [0.2, 0.25) is 0 Å². The van der Waals surface area contributed by atoms with Gasteiger partial charge in [-0.3, -0.25) is 0 Å². The largest absolute Gasteiger partial charge is 0.357 e. The summed E-state index contributed by atoms with van der Waals surface area (Å²) in [5, 5.41) is 11.6. The van der Waals surface area contributed by atoms with Crippen LogP contribution in [0.4, 0.5) is 0 Å². The Bertz CT molecular complexity index is 655. The van der Waals surface area contributed by atoms with Gasteiger partial charge in [-0.1, -0.05) is 19.0 Å². The lowest BCUT2D eigenvalue weighted by Gasteiger charge is -2.10. The maximum absolute atomic E-state index is 5.25. The van der Waals surface area contributed by atoms with Gasteiger partial charge in [0.1, 0.15) is 5.01 Å². The summed E-state index contributed by atoms with van der Waals surface area (Å²) in [5.74, 6) is 2.56. The van der Waals surface area contributed by atoms with Crippen molar-refractivity contribution in [2.24, 2.45) is 4.99 Å². The number of aliphatic imine (C=N–C) groups is 1. The van der Waals surface area contributed by atoms with Crippen LogP contribution in [-0.4, -0.2) is 34.2 Å². The van der Waals surface area contributed by atoms with Crippen molar-refractivity contribution in [3.05, 3.63) is 27.8 Å². The zero-order valence-corrected chi connectivity index (χ0v) is 18.4. The fraction of sp³-hybridized carbons (Fsp3) is 0.625. The molecule has 0 aromatic carbocycles. The molecular formula is C16H27IN6OS. The van der Waals surface area contributed by atoms with Gasteiger partial charge in [0.25, 0.3) is 0 Å². The summed E-state index contributed by atoms with van der Waals surface area (Å²) in [6, 6.07) is 0. The van der Waals surface area contributed by atoms with Crippen molar-refractivity contribution in [2.45, 2.75) is 53.0 Å². The molecule has 0 spiro atoms. The second-order valence-corrected chi connectivity index (χ2v) is 7.11. The molecule has 2 rings (SSSR count). The molecule has 0 aliphatic rings. The molecule has 2 aromatic heterocycles. The molecule has 0 fully saturated rings. The summed E-state index contributed by atoms with van der Waals surface area (Å²) in [7, 11) is 0. The van der Waals surface area contributed by atoms with Crippen molar-refractivity contribution in [1.29, 1.82) is 0 Å². The predicted molar refractivity (Wildman–Crippen MR) is 112 cm³/mol. The van der Waals surface area contributed by atoms with E-state index < -0.39 is 0 Å². The Balaban J connectivity index is 0.00000312. The topological polar surface area (TPSA) is 88.2 Å². The third-order valence-electron chi connectivity index (χ3n) is 3.25. The molecule has 9 heteroatoms. The molecule has 140 valence electrons. The second-order valence-electron chi connectivity index (χ2n) is 5.79. The molecule has 0 aliphatic heterocycles. The normalized spacial score (nSPS) is 11.5. The number of aromatic nitrogens is 3. The van der Waals surface area contributed by atoms with E-state index in [9.17, 15) is 0 Å². The number of hydrogen-bond acceptors (Lipinski definition) is 6. The molecule has 0 unspecified atom stereocenters. The quantitative estimate of drug-likeness (QED) is 0.262. The molecule has 2 aromatic rings. The third kappa shape index (κ3) is 7.68. The number of halogens is 1. The highest BCUT2D eigenvalue weighted by Gasteiger charge is 2.09. The third-order valence-corrected chi connectivity index (χ3v) is 4.14. The number of thiazole rings is 1. The monoisotopic (exact) mass is 478 g/mol. The van der Waals surface area contributed by atoms with Crippen LogP contribution in [0.3, 0.4) is 0 Å². The van der Waals surface area contributed by atoms with E-state index in [-0.39, 0.29) is 24.0 Å². The number of nitrogens with zero attached hydrogens (tertiary/aromatic N) is 4. The van der Waals surface area contributed by atoms with Gasteiger partial charge in [0.15, 0.2) is 11.8 Å². The van der Waals surface area contributed by atoms with E-state index in [0.717, 1.165) is 42.7 Å². The highest BCUT2D eigenvalue weighted by atomic mass is 127. The number of rotatable bonds is 8. The lowest BCUT2D eigenvalue weighted by Crippen LogP contribution is -2.37. The first kappa shape index (κ1) is 21.8. The molecule has 0 radical (unpaired) electrons. The molecule has 25 heavy (non-hydrogen) atoms. The first-order valence-corrected chi connectivity index (χ1v) is 9.16. The van der Waals surface area contributed by atoms with Crippen LogP contribution in [0.5, 0.6) is 0 Å². The molecule has 0 aliphatic carbocycles. The molecule has 0 atom stereocenters. The SMILES string of the molecule is CCNC(=NCc1ncc(C)s1)NCCCc1nc(C(C)C)no1.I. The average molecular weight is 478 g/mol. The lowest BCUT2D eigenvalue weighted by atomic mass is 10.2. The van der Waals surface area contributed by atoms with Crippen LogP contribution in [0.1, 0.15) is 54.7 Å². The Morgan fingerprint density at radius 3 is 2.76 bits per heavy atom. The maximum atomic E-state index is 5.25. The van der Waals surface area contributed by atoms with Crippen LogP contribution < -0.4 is 10.6 Å². The van der Waals surface area contributed by atoms with Gasteiger partial charge in [0, 0.05) is 36.5 Å². The summed E-state index contributed by atoms with van der Waals surface area (Å²) in [6.45, 7) is 10.4. The van der Waals surface area contributed by atoms with Gasteiger partial charge in [0.2, 0.25) is 5.89 Å². The molecule has 2 heterocycles. The van der Waals surface area contributed by atoms with Crippen LogP contribution >= 0.6 is 35.3 Å². The first-order valence-electron chi connectivity index (χ1n) is 8.34. The zero-order chi connectivity index (χ0) is 17.4. The molecule has 0 bridgehead atoms. The van der Waals surface area contributed by atoms with Crippen LogP contribution in [0.15, 0.2) is 15.7 Å². The Hall–Kier alpha value is -1.23. The van der Waals surface area contributed by atoms with E-state index in [1.54, 1.807) is 11.3 Å². The molecule has 7 nitrogen and oxygen atoms in total. The molecule has 0 amide bonds. The van der Waals surface area contributed by atoms with Gasteiger partial charge in [0.05, 0.1) is 6.54 Å². The van der Waals surface area contributed by atoms with Gasteiger partial charge < -0.3 is 15.2 Å². The van der Waals surface area contributed by atoms with Gasteiger partial charge in [-0.05, 0) is 20.3 Å². The summed E-state index contributed by atoms with van der Waals surface area (Å²) in [5.41, 5.74) is 0. The van der Waals surface area contributed by atoms with E-state index >= 15 is 0 Å². The summed E-state index contributed by atoms with van der Waals surface area (Å²) >= 11 is 1.68. The van der Waals surface area contributed by atoms with E-state index in [1.165, 1.54) is 4.88 Å². The van der Waals surface area contributed by atoms with Crippen molar-refractivity contribution < 1.29 is 4.52 Å². The van der Waals surface area contributed by atoms with Crippen LogP contribution in [0, 0.1) is 6.92 Å². The number of aryl methyl sites for hydroxylation is 2. The maximum Gasteiger partial charge on any atom is 0.226 e. The standard InChI is InChI=1S/C16H26N6OS.HI/c1-5-17-16(20-10-14-19-9-12(4)24-14)18-8-6-7-13-21-15(11(2)3)22-23-13;/h9,11H,5-8,10H2,1-4H3,(H2,17,18,20);1H.